The van der Waals surface area contributed by atoms with Crippen LogP contribution in [0.15, 0.2) is 53.4 Å². The summed E-state index contributed by atoms with van der Waals surface area (Å²) in [6, 6.07) is 9.19. The van der Waals surface area contributed by atoms with Crippen LogP contribution in [0.1, 0.15) is 11.1 Å². The molecule has 0 aromatic heterocycles. The van der Waals surface area contributed by atoms with E-state index in [9.17, 15) is 30.8 Å². The smallest absolute Gasteiger partial charge is 0.355 e. The first-order chi connectivity index (χ1) is 12.6. The average Bonchev–Trinajstić information content (AvgIpc) is 2.61. The standard InChI is InChI=1S/C17H16F4N2O3S/c18-15-7-2-1-4-12(15)8-9-22-16(24)11-23-27(25,26)14-6-3-5-13(10-14)17(19,20)21/h1-7,10,23H,8-9,11H2,(H,22,24). The highest BCUT2D eigenvalue weighted by molar-refractivity contribution is 7.89. The Morgan fingerprint density at radius 3 is 2.41 bits per heavy atom. The predicted octanol–water partition coefficient (Wildman–Crippen LogP) is 2.48. The molecule has 27 heavy (non-hydrogen) atoms. The van der Waals surface area contributed by atoms with Crippen molar-refractivity contribution in [3.8, 4) is 0 Å². The molecule has 0 saturated carbocycles. The van der Waals surface area contributed by atoms with Crippen LogP contribution >= 0.6 is 0 Å². The van der Waals surface area contributed by atoms with Gasteiger partial charge in [0.2, 0.25) is 15.9 Å². The quantitative estimate of drug-likeness (QED) is 0.697. The summed E-state index contributed by atoms with van der Waals surface area (Å²) in [5.74, 6) is -1.11. The molecule has 146 valence electrons. The Balaban J connectivity index is 1.89. The van der Waals surface area contributed by atoms with Gasteiger partial charge in [0.15, 0.2) is 0 Å². The van der Waals surface area contributed by atoms with Gasteiger partial charge in [-0.1, -0.05) is 24.3 Å². The molecule has 5 nitrogen and oxygen atoms in total. The van der Waals surface area contributed by atoms with E-state index in [0.717, 1.165) is 18.2 Å². The lowest BCUT2D eigenvalue weighted by atomic mass is 10.1. The van der Waals surface area contributed by atoms with Crippen LogP contribution in [-0.4, -0.2) is 27.4 Å². The van der Waals surface area contributed by atoms with Crippen LogP contribution in [-0.2, 0) is 27.4 Å². The Labute approximate surface area is 153 Å². The van der Waals surface area contributed by atoms with E-state index >= 15 is 0 Å². The Hall–Kier alpha value is -2.46. The molecule has 2 N–H and O–H groups in total. The van der Waals surface area contributed by atoms with Crippen LogP contribution in [0.2, 0.25) is 0 Å². The molecule has 0 aliphatic carbocycles. The number of hydrogen-bond acceptors (Lipinski definition) is 3. The number of nitrogens with one attached hydrogen (secondary N) is 2. The monoisotopic (exact) mass is 404 g/mol. The third kappa shape index (κ3) is 6.04. The zero-order chi connectivity index (χ0) is 20.1. The van der Waals surface area contributed by atoms with Gasteiger partial charge in [-0.3, -0.25) is 4.79 Å². The molecule has 0 aliphatic rings. The fraction of sp³-hybridized carbons (Fsp3) is 0.235. The Morgan fingerprint density at radius 1 is 1.04 bits per heavy atom. The molecule has 0 spiro atoms. The molecule has 2 aromatic rings. The first kappa shape index (κ1) is 20.8. The number of rotatable bonds is 7. The molecule has 0 unspecified atom stereocenters. The number of carbonyl (C=O) groups is 1. The van der Waals surface area contributed by atoms with Gasteiger partial charge in [0.1, 0.15) is 5.82 Å². The van der Waals surface area contributed by atoms with Crippen LogP contribution in [0.3, 0.4) is 0 Å². The normalized spacial score (nSPS) is 12.0. The van der Waals surface area contributed by atoms with E-state index in [0.29, 0.717) is 11.6 Å². The summed E-state index contributed by atoms with van der Waals surface area (Å²) in [6.45, 7) is -0.582. The maximum atomic E-state index is 13.4. The maximum Gasteiger partial charge on any atom is 0.416 e. The van der Waals surface area contributed by atoms with Gasteiger partial charge in [-0.05, 0) is 36.2 Å². The van der Waals surface area contributed by atoms with Crippen LogP contribution in [0.5, 0.6) is 0 Å². The lowest BCUT2D eigenvalue weighted by Crippen LogP contribution is -2.37. The highest BCUT2D eigenvalue weighted by atomic mass is 32.2. The molecule has 2 rings (SSSR count). The molecule has 0 saturated heterocycles. The lowest BCUT2D eigenvalue weighted by Gasteiger charge is -2.10. The molecule has 0 atom stereocenters. The van der Waals surface area contributed by atoms with Crippen LogP contribution in [0.4, 0.5) is 17.6 Å². The lowest BCUT2D eigenvalue weighted by molar-refractivity contribution is -0.137. The minimum Gasteiger partial charge on any atom is -0.355 e. The minimum atomic E-state index is -4.68. The SMILES string of the molecule is O=C(CNS(=O)(=O)c1cccc(C(F)(F)F)c1)NCCc1ccccc1F. The largest absolute Gasteiger partial charge is 0.416 e. The van der Waals surface area contributed by atoms with Crippen molar-refractivity contribution in [2.75, 3.05) is 13.1 Å². The third-order valence-electron chi connectivity index (χ3n) is 3.57. The zero-order valence-electron chi connectivity index (χ0n) is 13.9. The highest BCUT2D eigenvalue weighted by Gasteiger charge is 2.31. The van der Waals surface area contributed by atoms with Gasteiger partial charge in [0.05, 0.1) is 17.0 Å². The molecule has 0 fully saturated rings. The van der Waals surface area contributed by atoms with Crippen molar-refractivity contribution in [3.63, 3.8) is 0 Å². The first-order valence-electron chi connectivity index (χ1n) is 7.76. The second kappa shape index (κ2) is 8.49. The van der Waals surface area contributed by atoms with Gasteiger partial charge in [-0.15, -0.1) is 0 Å². The summed E-state index contributed by atoms with van der Waals surface area (Å²) in [7, 11) is -4.29. The van der Waals surface area contributed by atoms with E-state index in [2.05, 4.69) is 5.32 Å². The van der Waals surface area contributed by atoms with E-state index in [1.807, 2.05) is 4.72 Å². The van der Waals surface area contributed by atoms with Crippen molar-refractivity contribution in [3.05, 3.63) is 65.5 Å². The van der Waals surface area contributed by atoms with Crippen molar-refractivity contribution < 1.29 is 30.8 Å². The summed E-state index contributed by atoms with van der Waals surface area (Å²) in [5, 5.41) is 2.41. The van der Waals surface area contributed by atoms with Gasteiger partial charge in [0, 0.05) is 6.54 Å². The fourth-order valence-electron chi connectivity index (χ4n) is 2.18. The van der Waals surface area contributed by atoms with Gasteiger partial charge in [-0.25, -0.2) is 17.5 Å². The molecular formula is C17H16F4N2O3S. The van der Waals surface area contributed by atoms with Gasteiger partial charge in [-0.2, -0.15) is 13.2 Å². The minimum absolute atomic E-state index is 0.0745. The van der Waals surface area contributed by atoms with Crippen LogP contribution in [0.25, 0.3) is 0 Å². The predicted molar refractivity (Wildman–Crippen MR) is 89.7 cm³/mol. The summed E-state index contributed by atoms with van der Waals surface area (Å²) < 4.78 is 77.5. The Bertz CT molecular complexity index is 914. The van der Waals surface area contributed by atoms with Gasteiger partial charge < -0.3 is 5.32 Å². The molecule has 1 amide bonds. The van der Waals surface area contributed by atoms with Crippen molar-refractivity contribution >= 4 is 15.9 Å². The zero-order valence-corrected chi connectivity index (χ0v) is 14.7. The van der Waals surface area contributed by atoms with Crippen molar-refractivity contribution in [1.82, 2.24) is 10.0 Å². The number of sulfonamides is 1. The number of alkyl halides is 3. The van der Waals surface area contributed by atoms with E-state index in [-0.39, 0.29) is 13.0 Å². The average molecular weight is 404 g/mol. The summed E-state index contributed by atoms with van der Waals surface area (Å²) >= 11 is 0. The first-order valence-corrected chi connectivity index (χ1v) is 9.25. The van der Waals surface area contributed by atoms with E-state index in [4.69, 9.17) is 0 Å². The Morgan fingerprint density at radius 2 is 1.74 bits per heavy atom. The number of hydrogen-bond donors (Lipinski definition) is 2. The summed E-state index contributed by atoms with van der Waals surface area (Å²) in [6.07, 6.45) is -4.48. The van der Waals surface area contributed by atoms with Gasteiger partial charge >= 0.3 is 6.18 Å². The third-order valence-corrected chi connectivity index (χ3v) is 4.97. The number of benzene rings is 2. The number of carbonyl (C=O) groups excluding carboxylic acids is 1. The molecule has 2 aromatic carbocycles. The van der Waals surface area contributed by atoms with Crippen molar-refractivity contribution in [2.24, 2.45) is 0 Å². The maximum absolute atomic E-state index is 13.4. The number of amides is 1. The van der Waals surface area contributed by atoms with Crippen LogP contribution < -0.4 is 10.0 Å². The fourth-order valence-corrected chi connectivity index (χ4v) is 3.21. The summed E-state index contributed by atoms with van der Waals surface area (Å²) in [4.78, 5) is 11.1. The van der Waals surface area contributed by atoms with Crippen LogP contribution in [0, 0.1) is 5.82 Å². The van der Waals surface area contributed by atoms with Crippen molar-refractivity contribution in [2.45, 2.75) is 17.5 Å². The van der Waals surface area contributed by atoms with E-state index in [1.54, 1.807) is 12.1 Å². The second-order valence-corrected chi connectivity index (χ2v) is 7.31. The summed E-state index contributed by atoms with van der Waals surface area (Å²) in [5.41, 5.74) is -0.720. The molecule has 0 radical (unpaired) electrons. The van der Waals surface area contributed by atoms with E-state index < -0.39 is 44.9 Å². The van der Waals surface area contributed by atoms with E-state index in [1.165, 1.54) is 12.1 Å². The Kier molecular flexibility index (Phi) is 6.55. The number of halogens is 4. The molecule has 10 heteroatoms. The topological polar surface area (TPSA) is 75.3 Å². The second-order valence-electron chi connectivity index (χ2n) is 5.54. The van der Waals surface area contributed by atoms with Crippen molar-refractivity contribution in [1.29, 1.82) is 0 Å². The van der Waals surface area contributed by atoms with Gasteiger partial charge in [0.25, 0.3) is 0 Å². The molecule has 0 aliphatic heterocycles. The molecular weight excluding hydrogens is 388 g/mol. The highest BCUT2D eigenvalue weighted by Crippen LogP contribution is 2.30. The molecule has 0 heterocycles. The molecule has 0 bridgehead atoms.